The molecule has 7 N–H and O–H groups in total. The van der Waals surface area contributed by atoms with Gasteiger partial charge in [-0.2, -0.15) is 0 Å². The lowest BCUT2D eigenvalue weighted by atomic mass is 9.97. The van der Waals surface area contributed by atoms with Gasteiger partial charge in [0.15, 0.2) is 12.2 Å². The lowest BCUT2D eigenvalue weighted by Gasteiger charge is -2.32. The lowest BCUT2D eigenvalue weighted by molar-refractivity contribution is -0.149. The average Bonchev–Trinajstić information content (AvgIpc) is 3.15. The second-order valence-corrected chi connectivity index (χ2v) is 14.4. The molecule has 0 fully saturated rings. The molecule has 0 saturated carbocycles. The summed E-state index contributed by atoms with van der Waals surface area (Å²) >= 11 is 0. The van der Waals surface area contributed by atoms with Gasteiger partial charge in [-0.3, -0.25) is 24.1 Å². The van der Waals surface area contributed by atoms with Gasteiger partial charge in [0.25, 0.3) is 5.91 Å². The van der Waals surface area contributed by atoms with Crippen LogP contribution >= 0.6 is 0 Å². The third-order valence-corrected chi connectivity index (χ3v) is 9.02. The first-order valence-corrected chi connectivity index (χ1v) is 18.2. The Morgan fingerprint density at radius 3 is 1.61 bits per heavy atom. The van der Waals surface area contributed by atoms with Crippen LogP contribution in [0.25, 0.3) is 0 Å². The van der Waals surface area contributed by atoms with Gasteiger partial charge in [0.05, 0.1) is 31.2 Å². The monoisotopic (exact) mass is 748 g/mol. The Hall–Kier alpha value is -4.66. The fourth-order valence-electron chi connectivity index (χ4n) is 6.32. The van der Waals surface area contributed by atoms with Gasteiger partial charge >= 0.3 is 5.97 Å². The molecule has 3 aromatic carbocycles. The fraction of sp³-hybridized carbons (Fsp3) is 0.463. The number of nitrogens with zero attached hydrogens (tertiary/aromatic N) is 1. The maximum absolute atomic E-state index is 13.5. The zero-order valence-corrected chi connectivity index (χ0v) is 31.8. The first-order chi connectivity index (χ1) is 25.6. The zero-order valence-electron chi connectivity index (χ0n) is 31.8. The summed E-state index contributed by atoms with van der Waals surface area (Å²) in [7, 11) is 3.51. The van der Waals surface area contributed by atoms with Crippen molar-refractivity contribution in [2.24, 2.45) is 11.8 Å². The van der Waals surface area contributed by atoms with Crippen LogP contribution in [0.1, 0.15) is 69.4 Å². The minimum Gasteiger partial charge on any atom is -0.452 e. The van der Waals surface area contributed by atoms with Crippen molar-refractivity contribution in [2.45, 2.75) is 89.1 Å². The quantitative estimate of drug-likeness (QED) is 0.0842. The molecule has 0 heterocycles. The van der Waals surface area contributed by atoms with E-state index in [4.69, 9.17) is 4.74 Å². The van der Waals surface area contributed by atoms with Gasteiger partial charge in [-0.05, 0) is 49.0 Å². The van der Waals surface area contributed by atoms with E-state index in [9.17, 15) is 39.6 Å². The summed E-state index contributed by atoms with van der Waals surface area (Å²) in [6, 6.07) is 22.8. The lowest BCUT2D eigenvalue weighted by Crippen LogP contribution is -2.60. The molecule has 3 aromatic rings. The van der Waals surface area contributed by atoms with Gasteiger partial charge in [-0.25, -0.2) is 0 Å². The standard InChI is InChI=1S/C41H56N4O9/c1-25(2)22-31(43-40(52)34(26(3)4)45(5)6)39(51)44-32(24-46)35(48)36(49)37(50)41(53)42-30(27-16-10-7-11-17-27)23-33(47)54-38(28-18-12-8-13-19-28)29-20-14-9-15-21-29/h7-21,25-26,30-32,34-38,46,48-50H,22-24H2,1-6H3,(H,42,53)(H,43,52)(H,44,51). The molecular weight excluding hydrogens is 692 g/mol. The summed E-state index contributed by atoms with van der Waals surface area (Å²) < 4.78 is 5.95. The number of amides is 3. The van der Waals surface area contributed by atoms with Crippen molar-refractivity contribution in [3.05, 3.63) is 108 Å². The van der Waals surface area contributed by atoms with Gasteiger partial charge in [-0.15, -0.1) is 0 Å². The van der Waals surface area contributed by atoms with Gasteiger partial charge < -0.3 is 41.1 Å². The van der Waals surface area contributed by atoms with E-state index in [0.29, 0.717) is 5.56 Å². The number of carbonyl (C=O) groups excluding carboxylic acids is 4. The Morgan fingerprint density at radius 1 is 0.667 bits per heavy atom. The number of aliphatic hydroxyl groups excluding tert-OH is 4. The minimum absolute atomic E-state index is 0.0241. The molecule has 3 rings (SSSR count). The number of nitrogens with one attached hydrogen (secondary N) is 3. The Morgan fingerprint density at radius 2 is 1.17 bits per heavy atom. The first kappa shape index (κ1) is 43.7. The normalized spacial score (nSPS) is 15.5. The topological polar surface area (TPSA) is 198 Å². The SMILES string of the molecule is CC(C)CC(NC(=O)C(C(C)C)N(C)C)C(=O)NC(CO)C(O)C(O)C(O)C(=O)NC(CC(=O)OC(c1ccccc1)c1ccccc1)c1ccccc1. The summed E-state index contributed by atoms with van der Waals surface area (Å²) in [5.41, 5.74) is 1.98. The average molecular weight is 749 g/mol. The number of hydrogen-bond donors (Lipinski definition) is 7. The molecule has 0 aliphatic rings. The number of aliphatic hydroxyl groups is 4. The molecule has 0 radical (unpaired) electrons. The van der Waals surface area contributed by atoms with Crippen LogP contribution in [0.2, 0.25) is 0 Å². The summed E-state index contributed by atoms with van der Waals surface area (Å²) in [6.45, 7) is 6.62. The van der Waals surface area contributed by atoms with Crippen LogP contribution in [0.5, 0.6) is 0 Å². The summed E-state index contributed by atoms with van der Waals surface area (Å²) in [4.78, 5) is 55.2. The molecule has 13 nitrogen and oxygen atoms in total. The highest BCUT2D eigenvalue weighted by Gasteiger charge is 2.38. The van der Waals surface area contributed by atoms with E-state index in [-0.39, 0.29) is 30.6 Å². The number of hydrogen-bond acceptors (Lipinski definition) is 10. The van der Waals surface area contributed by atoms with E-state index >= 15 is 0 Å². The van der Waals surface area contributed by atoms with E-state index in [1.54, 1.807) is 49.3 Å². The maximum atomic E-state index is 13.5. The van der Waals surface area contributed by atoms with Crippen LogP contribution < -0.4 is 16.0 Å². The van der Waals surface area contributed by atoms with Crippen LogP contribution in [0.3, 0.4) is 0 Å². The van der Waals surface area contributed by atoms with Crippen molar-refractivity contribution < 1.29 is 44.3 Å². The molecule has 294 valence electrons. The number of likely N-dealkylation sites (N-methyl/N-ethyl adjacent to an activating group) is 1. The summed E-state index contributed by atoms with van der Waals surface area (Å²) in [6.07, 6.45) is -7.29. The zero-order chi connectivity index (χ0) is 39.9. The largest absolute Gasteiger partial charge is 0.452 e. The van der Waals surface area contributed by atoms with Crippen molar-refractivity contribution in [2.75, 3.05) is 20.7 Å². The molecule has 7 atom stereocenters. The van der Waals surface area contributed by atoms with E-state index in [1.165, 1.54) is 0 Å². The van der Waals surface area contributed by atoms with Crippen LogP contribution in [-0.2, 0) is 23.9 Å². The highest BCUT2D eigenvalue weighted by atomic mass is 16.5. The number of rotatable bonds is 20. The van der Waals surface area contributed by atoms with Crippen LogP contribution in [0.4, 0.5) is 0 Å². The Balaban J connectivity index is 1.74. The molecule has 3 amide bonds. The minimum atomic E-state index is -2.24. The molecule has 0 bridgehead atoms. The van der Waals surface area contributed by atoms with Crippen molar-refractivity contribution in [3.63, 3.8) is 0 Å². The molecule has 0 aromatic heterocycles. The van der Waals surface area contributed by atoms with Crippen LogP contribution in [0.15, 0.2) is 91.0 Å². The first-order valence-electron chi connectivity index (χ1n) is 18.2. The third-order valence-electron chi connectivity index (χ3n) is 9.02. The fourth-order valence-corrected chi connectivity index (χ4v) is 6.32. The van der Waals surface area contributed by atoms with Crippen molar-refractivity contribution in [3.8, 4) is 0 Å². The molecular formula is C41H56N4O9. The highest BCUT2D eigenvalue weighted by Crippen LogP contribution is 2.28. The van der Waals surface area contributed by atoms with Crippen molar-refractivity contribution in [1.29, 1.82) is 0 Å². The predicted molar refractivity (Wildman–Crippen MR) is 203 cm³/mol. The summed E-state index contributed by atoms with van der Waals surface area (Å²) in [5, 5.41) is 50.8. The molecule has 0 aliphatic carbocycles. The highest BCUT2D eigenvalue weighted by molar-refractivity contribution is 5.90. The number of ether oxygens (including phenoxy) is 1. The Bertz CT molecular complexity index is 1560. The van der Waals surface area contributed by atoms with Crippen molar-refractivity contribution in [1.82, 2.24) is 20.9 Å². The summed E-state index contributed by atoms with van der Waals surface area (Å²) in [5.74, 6) is -2.98. The van der Waals surface area contributed by atoms with Crippen molar-refractivity contribution >= 4 is 23.7 Å². The molecule has 0 spiro atoms. The van der Waals surface area contributed by atoms with E-state index in [0.717, 1.165) is 11.1 Å². The molecule has 0 saturated heterocycles. The maximum Gasteiger partial charge on any atom is 0.309 e. The molecule has 0 aliphatic heterocycles. The van der Waals surface area contributed by atoms with Crippen LogP contribution in [0, 0.1) is 11.8 Å². The van der Waals surface area contributed by atoms with E-state index in [1.807, 2.05) is 88.4 Å². The van der Waals surface area contributed by atoms with Crippen LogP contribution in [-0.4, -0.2) is 106 Å². The molecule has 13 heteroatoms. The Kier molecular flexibility index (Phi) is 17.2. The van der Waals surface area contributed by atoms with E-state index in [2.05, 4.69) is 16.0 Å². The second-order valence-electron chi connectivity index (χ2n) is 14.4. The van der Waals surface area contributed by atoms with E-state index < -0.39 is 73.0 Å². The van der Waals surface area contributed by atoms with Gasteiger partial charge in [0, 0.05) is 0 Å². The smallest absolute Gasteiger partial charge is 0.309 e. The molecule has 54 heavy (non-hydrogen) atoms. The van der Waals surface area contributed by atoms with Gasteiger partial charge in [0.1, 0.15) is 18.2 Å². The second kappa shape index (κ2) is 21.3. The van der Waals surface area contributed by atoms with Gasteiger partial charge in [-0.1, -0.05) is 119 Å². The number of carbonyl (C=O) groups is 4. The number of esters is 1. The Labute approximate surface area is 317 Å². The van der Waals surface area contributed by atoms with Gasteiger partial charge in [0.2, 0.25) is 11.8 Å². The molecule has 7 unspecified atom stereocenters. The number of benzene rings is 3. The third kappa shape index (κ3) is 12.7. The predicted octanol–water partition coefficient (Wildman–Crippen LogP) is 2.24.